The maximum absolute atomic E-state index is 9.45. The predicted octanol–water partition coefficient (Wildman–Crippen LogP) is 3.88. The van der Waals surface area contributed by atoms with Gasteiger partial charge in [-0.1, -0.05) is 25.1 Å². The lowest BCUT2D eigenvalue weighted by Gasteiger charge is -2.36. The molecule has 0 amide bonds. The minimum atomic E-state index is 0.518. The molecular formula is C17H19N3. The van der Waals surface area contributed by atoms with Crippen LogP contribution in [0, 0.1) is 11.3 Å². The Balaban J connectivity index is 2.11. The van der Waals surface area contributed by atoms with Gasteiger partial charge in [-0.25, -0.2) is 4.98 Å². The first kappa shape index (κ1) is 12.9. The molecule has 20 heavy (non-hydrogen) atoms. The van der Waals surface area contributed by atoms with Crippen LogP contribution in [0.1, 0.15) is 38.2 Å². The molecule has 1 saturated heterocycles. The fourth-order valence-electron chi connectivity index (χ4n) is 3.11. The van der Waals surface area contributed by atoms with E-state index in [2.05, 4.69) is 17.9 Å². The van der Waals surface area contributed by atoms with E-state index in [-0.39, 0.29) is 0 Å². The maximum atomic E-state index is 9.45. The summed E-state index contributed by atoms with van der Waals surface area (Å²) < 4.78 is 0. The highest BCUT2D eigenvalue weighted by atomic mass is 15.2. The average Bonchev–Trinajstić information content (AvgIpc) is 2.53. The van der Waals surface area contributed by atoms with Crippen molar-refractivity contribution in [1.82, 2.24) is 4.98 Å². The Bertz CT molecular complexity index is 657. The molecule has 1 aromatic heterocycles. The molecule has 1 aliphatic heterocycles. The largest absolute Gasteiger partial charge is 0.353 e. The van der Waals surface area contributed by atoms with Crippen LogP contribution in [0.25, 0.3) is 10.9 Å². The molecule has 0 N–H and O–H groups in total. The Morgan fingerprint density at radius 2 is 2.20 bits per heavy atom. The lowest BCUT2D eigenvalue weighted by molar-refractivity contribution is 0.447. The smallest absolute Gasteiger partial charge is 0.147 e. The third kappa shape index (κ3) is 2.22. The molecule has 0 saturated carbocycles. The van der Waals surface area contributed by atoms with E-state index in [4.69, 9.17) is 4.98 Å². The minimum absolute atomic E-state index is 0.518. The molecule has 3 heteroatoms. The Kier molecular flexibility index (Phi) is 3.56. The van der Waals surface area contributed by atoms with Crippen molar-refractivity contribution in [1.29, 1.82) is 5.26 Å². The molecule has 0 radical (unpaired) electrons. The van der Waals surface area contributed by atoms with Gasteiger partial charge >= 0.3 is 0 Å². The van der Waals surface area contributed by atoms with Crippen LogP contribution >= 0.6 is 0 Å². The lowest BCUT2D eigenvalue weighted by atomic mass is 9.99. The van der Waals surface area contributed by atoms with E-state index in [1.165, 1.54) is 19.3 Å². The first-order valence-corrected chi connectivity index (χ1v) is 7.40. The van der Waals surface area contributed by atoms with Gasteiger partial charge in [0.15, 0.2) is 0 Å². The van der Waals surface area contributed by atoms with Gasteiger partial charge in [-0.15, -0.1) is 0 Å². The molecule has 1 atom stereocenters. The highest BCUT2D eigenvalue weighted by molar-refractivity contribution is 5.83. The van der Waals surface area contributed by atoms with Crippen LogP contribution < -0.4 is 4.90 Å². The van der Waals surface area contributed by atoms with Gasteiger partial charge in [0, 0.05) is 18.0 Å². The van der Waals surface area contributed by atoms with E-state index in [1.807, 2.05) is 30.3 Å². The number of nitrogens with zero attached hydrogens (tertiary/aromatic N) is 3. The number of piperidine rings is 1. The number of benzene rings is 1. The van der Waals surface area contributed by atoms with Crippen LogP contribution in [-0.2, 0) is 0 Å². The summed E-state index contributed by atoms with van der Waals surface area (Å²) in [5.74, 6) is 0.873. The zero-order valence-electron chi connectivity index (χ0n) is 11.8. The van der Waals surface area contributed by atoms with E-state index in [1.54, 1.807) is 0 Å². The predicted molar refractivity (Wildman–Crippen MR) is 81.7 cm³/mol. The maximum Gasteiger partial charge on any atom is 0.147 e. The van der Waals surface area contributed by atoms with E-state index in [0.29, 0.717) is 11.6 Å². The van der Waals surface area contributed by atoms with Gasteiger partial charge in [-0.2, -0.15) is 5.26 Å². The second-order valence-corrected chi connectivity index (χ2v) is 5.42. The number of hydrogen-bond acceptors (Lipinski definition) is 3. The van der Waals surface area contributed by atoms with Crippen molar-refractivity contribution < 1.29 is 0 Å². The van der Waals surface area contributed by atoms with Crippen LogP contribution in [0.3, 0.4) is 0 Å². The standard InChI is InChI=1S/C17H19N3/c1-2-15-8-5-6-10-20(15)17-14(12-18)11-13-7-3-4-9-16(13)19-17/h3-4,7,9,11,15H,2,5-6,8,10H2,1H3. The molecule has 2 heterocycles. The van der Waals surface area contributed by atoms with Crippen LogP contribution in [-0.4, -0.2) is 17.6 Å². The Morgan fingerprint density at radius 3 is 3.00 bits per heavy atom. The van der Waals surface area contributed by atoms with Gasteiger partial charge in [0.05, 0.1) is 11.1 Å². The molecule has 0 aliphatic carbocycles. The van der Waals surface area contributed by atoms with Crippen molar-refractivity contribution in [3.8, 4) is 6.07 Å². The zero-order valence-corrected chi connectivity index (χ0v) is 11.8. The SMILES string of the molecule is CCC1CCCCN1c1nc2ccccc2cc1C#N. The molecule has 3 rings (SSSR count). The first-order chi connectivity index (χ1) is 9.83. The summed E-state index contributed by atoms with van der Waals surface area (Å²) in [5.41, 5.74) is 1.67. The number of hydrogen-bond donors (Lipinski definition) is 0. The molecule has 102 valence electrons. The summed E-state index contributed by atoms with van der Waals surface area (Å²) in [6, 6.07) is 12.8. The van der Waals surface area contributed by atoms with Crippen LogP contribution in [0.2, 0.25) is 0 Å². The van der Waals surface area contributed by atoms with Crippen molar-refractivity contribution in [2.24, 2.45) is 0 Å². The Hall–Kier alpha value is -2.08. The van der Waals surface area contributed by atoms with Crippen molar-refractivity contribution in [2.75, 3.05) is 11.4 Å². The molecule has 1 fully saturated rings. The summed E-state index contributed by atoms with van der Waals surface area (Å²) in [6.45, 7) is 3.23. The van der Waals surface area contributed by atoms with Crippen molar-refractivity contribution in [3.05, 3.63) is 35.9 Å². The highest BCUT2D eigenvalue weighted by Crippen LogP contribution is 2.29. The van der Waals surface area contributed by atoms with Crippen LogP contribution in [0.15, 0.2) is 30.3 Å². The second kappa shape index (κ2) is 5.50. The van der Waals surface area contributed by atoms with Gasteiger partial charge in [0.2, 0.25) is 0 Å². The average molecular weight is 265 g/mol. The Morgan fingerprint density at radius 1 is 1.35 bits per heavy atom. The monoisotopic (exact) mass is 265 g/mol. The molecule has 1 unspecified atom stereocenters. The van der Waals surface area contributed by atoms with Gasteiger partial charge < -0.3 is 4.90 Å². The fraction of sp³-hybridized carbons (Fsp3) is 0.412. The quantitative estimate of drug-likeness (QED) is 0.827. The molecule has 1 aliphatic rings. The van der Waals surface area contributed by atoms with E-state index < -0.39 is 0 Å². The van der Waals surface area contributed by atoms with Gasteiger partial charge in [0.1, 0.15) is 11.9 Å². The molecule has 0 spiro atoms. The number of nitriles is 1. The van der Waals surface area contributed by atoms with Gasteiger partial charge in [-0.3, -0.25) is 0 Å². The lowest BCUT2D eigenvalue weighted by Crippen LogP contribution is -2.40. The molecule has 1 aromatic carbocycles. The number of para-hydroxylation sites is 1. The third-order valence-corrected chi connectivity index (χ3v) is 4.19. The normalized spacial score (nSPS) is 19.0. The fourth-order valence-corrected chi connectivity index (χ4v) is 3.11. The Labute approximate surface area is 119 Å². The van der Waals surface area contributed by atoms with E-state index in [9.17, 15) is 5.26 Å². The summed E-state index contributed by atoms with van der Waals surface area (Å²) in [4.78, 5) is 7.11. The number of aromatic nitrogens is 1. The summed E-state index contributed by atoms with van der Waals surface area (Å²) in [7, 11) is 0. The first-order valence-electron chi connectivity index (χ1n) is 7.40. The van der Waals surface area contributed by atoms with Gasteiger partial charge in [0.25, 0.3) is 0 Å². The topological polar surface area (TPSA) is 39.9 Å². The highest BCUT2D eigenvalue weighted by Gasteiger charge is 2.24. The molecule has 2 aromatic rings. The van der Waals surface area contributed by atoms with E-state index >= 15 is 0 Å². The van der Waals surface area contributed by atoms with E-state index in [0.717, 1.165) is 29.7 Å². The van der Waals surface area contributed by atoms with Crippen LogP contribution in [0.4, 0.5) is 5.82 Å². The van der Waals surface area contributed by atoms with Crippen LogP contribution in [0.5, 0.6) is 0 Å². The second-order valence-electron chi connectivity index (χ2n) is 5.42. The minimum Gasteiger partial charge on any atom is -0.353 e. The van der Waals surface area contributed by atoms with Crippen molar-refractivity contribution >= 4 is 16.7 Å². The van der Waals surface area contributed by atoms with Crippen molar-refractivity contribution in [2.45, 2.75) is 38.6 Å². The summed E-state index contributed by atoms with van der Waals surface area (Å²) >= 11 is 0. The molecular weight excluding hydrogens is 246 g/mol. The summed E-state index contributed by atoms with van der Waals surface area (Å²) in [5, 5.41) is 10.5. The number of rotatable bonds is 2. The molecule has 0 bridgehead atoms. The number of fused-ring (bicyclic) bond motifs is 1. The summed E-state index contributed by atoms with van der Waals surface area (Å²) in [6.07, 6.45) is 4.79. The zero-order chi connectivity index (χ0) is 13.9. The van der Waals surface area contributed by atoms with Gasteiger partial charge in [-0.05, 0) is 37.8 Å². The number of pyridine rings is 1. The molecule has 3 nitrogen and oxygen atoms in total. The van der Waals surface area contributed by atoms with Crippen molar-refractivity contribution in [3.63, 3.8) is 0 Å². The number of anilines is 1. The third-order valence-electron chi connectivity index (χ3n) is 4.19.